The molecule has 1 heterocycles. The highest BCUT2D eigenvalue weighted by molar-refractivity contribution is 8.00. The van der Waals surface area contributed by atoms with Crippen LogP contribution in [0.25, 0.3) is 0 Å². The van der Waals surface area contributed by atoms with Crippen molar-refractivity contribution in [2.45, 2.75) is 37.5 Å². The average molecular weight is 290 g/mol. The highest BCUT2D eigenvalue weighted by Gasteiger charge is 2.32. The van der Waals surface area contributed by atoms with E-state index in [0.29, 0.717) is 13.1 Å². The number of rotatable bonds is 3. The standard InChI is InChI=1S/C12H22N2O4S/c1-11(2)4-5-14(6-7-19-11)10(17)13-8-12(3,18)9(15)16/h18H,4-8H2,1-3H3,(H,13,17)(H,15,16). The summed E-state index contributed by atoms with van der Waals surface area (Å²) < 4.78 is 0.154. The van der Waals surface area contributed by atoms with Crippen molar-refractivity contribution < 1.29 is 19.8 Å². The molecular weight excluding hydrogens is 268 g/mol. The summed E-state index contributed by atoms with van der Waals surface area (Å²) in [6.07, 6.45) is 0.889. The van der Waals surface area contributed by atoms with E-state index >= 15 is 0 Å². The molecule has 1 fully saturated rings. The molecule has 1 aliphatic rings. The van der Waals surface area contributed by atoms with Crippen LogP contribution >= 0.6 is 11.8 Å². The maximum absolute atomic E-state index is 11.9. The minimum Gasteiger partial charge on any atom is -0.479 e. The van der Waals surface area contributed by atoms with Gasteiger partial charge in [-0.25, -0.2) is 9.59 Å². The lowest BCUT2D eigenvalue weighted by Gasteiger charge is -2.25. The van der Waals surface area contributed by atoms with E-state index in [1.54, 1.807) is 4.90 Å². The van der Waals surface area contributed by atoms with Gasteiger partial charge in [0.1, 0.15) is 0 Å². The first-order chi connectivity index (χ1) is 8.64. The van der Waals surface area contributed by atoms with Crippen LogP contribution in [0.4, 0.5) is 4.79 Å². The van der Waals surface area contributed by atoms with Crippen molar-refractivity contribution in [3.63, 3.8) is 0 Å². The molecule has 2 amide bonds. The molecule has 7 heteroatoms. The SMILES string of the molecule is CC1(C)CCN(C(=O)NCC(C)(O)C(=O)O)CCS1. The number of hydrogen-bond acceptors (Lipinski definition) is 4. The Kier molecular flexibility index (Phi) is 5.09. The van der Waals surface area contributed by atoms with Crippen LogP contribution < -0.4 is 5.32 Å². The van der Waals surface area contributed by atoms with Crippen LogP contribution in [0.2, 0.25) is 0 Å². The molecule has 1 aliphatic heterocycles. The summed E-state index contributed by atoms with van der Waals surface area (Å²) in [7, 11) is 0. The normalized spacial score (nSPS) is 22.2. The number of nitrogens with one attached hydrogen (secondary N) is 1. The molecule has 3 N–H and O–H groups in total. The first-order valence-electron chi connectivity index (χ1n) is 6.26. The predicted octanol–water partition coefficient (Wildman–Crippen LogP) is 0.749. The third-order valence-corrected chi connectivity index (χ3v) is 4.54. The first-order valence-corrected chi connectivity index (χ1v) is 7.25. The fourth-order valence-electron chi connectivity index (χ4n) is 1.66. The summed E-state index contributed by atoms with van der Waals surface area (Å²) >= 11 is 1.83. The van der Waals surface area contributed by atoms with Gasteiger partial charge in [0, 0.05) is 23.6 Å². The minimum absolute atomic E-state index is 0.154. The number of hydrogen-bond donors (Lipinski definition) is 3. The molecule has 1 rings (SSSR count). The van der Waals surface area contributed by atoms with E-state index in [1.165, 1.54) is 0 Å². The number of carbonyl (C=O) groups excluding carboxylic acids is 1. The Labute approximate surface area is 117 Å². The van der Waals surface area contributed by atoms with Gasteiger partial charge < -0.3 is 20.4 Å². The van der Waals surface area contributed by atoms with Crippen LogP contribution in [0, 0.1) is 0 Å². The van der Waals surface area contributed by atoms with Gasteiger partial charge in [-0.15, -0.1) is 0 Å². The molecule has 0 aromatic heterocycles. The zero-order valence-electron chi connectivity index (χ0n) is 11.6. The number of urea groups is 1. The summed E-state index contributed by atoms with van der Waals surface area (Å²) in [5.74, 6) is -0.490. The first kappa shape index (κ1) is 16.1. The van der Waals surface area contributed by atoms with Crippen LogP contribution in [-0.2, 0) is 4.79 Å². The van der Waals surface area contributed by atoms with Crippen molar-refractivity contribution in [1.29, 1.82) is 0 Å². The van der Waals surface area contributed by atoms with E-state index in [1.807, 2.05) is 11.8 Å². The minimum atomic E-state index is -1.93. The summed E-state index contributed by atoms with van der Waals surface area (Å²) in [6, 6.07) is -0.320. The molecule has 0 aliphatic carbocycles. The second kappa shape index (κ2) is 6.00. The van der Waals surface area contributed by atoms with Crippen LogP contribution in [0.1, 0.15) is 27.2 Å². The number of carboxylic acid groups (broad SMARTS) is 1. The van der Waals surface area contributed by atoms with Crippen molar-refractivity contribution in [1.82, 2.24) is 10.2 Å². The van der Waals surface area contributed by atoms with E-state index in [9.17, 15) is 14.7 Å². The number of aliphatic hydroxyl groups is 1. The maximum Gasteiger partial charge on any atom is 0.337 e. The molecule has 0 radical (unpaired) electrons. The molecular formula is C12H22N2O4S. The molecule has 6 nitrogen and oxygen atoms in total. The van der Waals surface area contributed by atoms with Gasteiger partial charge in [0.15, 0.2) is 5.60 Å². The number of amides is 2. The van der Waals surface area contributed by atoms with Gasteiger partial charge in [-0.1, -0.05) is 13.8 Å². The fraction of sp³-hybridized carbons (Fsp3) is 0.833. The molecule has 0 aromatic rings. The highest BCUT2D eigenvalue weighted by Crippen LogP contribution is 2.30. The van der Waals surface area contributed by atoms with Gasteiger partial charge in [-0.05, 0) is 13.3 Å². The number of carbonyl (C=O) groups is 2. The highest BCUT2D eigenvalue weighted by atomic mass is 32.2. The molecule has 0 bridgehead atoms. The average Bonchev–Trinajstić information content (AvgIpc) is 2.47. The van der Waals surface area contributed by atoms with Gasteiger partial charge in [0.2, 0.25) is 0 Å². The molecule has 1 saturated heterocycles. The number of carboxylic acids is 1. The van der Waals surface area contributed by atoms with E-state index in [4.69, 9.17) is 5.11 Å². The molecule has 1 atom stereocenters. The van der Waals surface area contributed by atoms with Crippen molar-refractivity contribution in [2.75, 3.05) is 25.4 Å². The third-order valence-electron chi connectivity index (χ3n) is 3.17. The van der Waals surface area contributed by atoms with E-state index < -0.39 is 11.6 Å². The predicted molar refractivity (Wildman–Crippen MR) is 74.4 cm³/mol. The number of aliphatic carboxylic acids is 1. The molecule has 110 valence electrons. The van der Waals surface area contributed by atoms with E-state index in [-0.39, 0.29) is 17.3 Å². The third kappa shape index (κ3) is 4.91. The largest absolute Gasteiger partial charge is 0.479 e. The quantitative estimate of drug-likeness (QED) is 0.713. The topological polar surface area (TPSA) is 89.9 Å². The van der Waals surface area contributed by atoms with Gasteiger partial charge in [-0.2, -0.15) is 11.8 Å². The Bertz CT molecular complexity index is 358. The molecule has 0 saturated carbocycles. The Hall–Kier alpha value is -0.950. The molecule has 0 aromatic carbocycles. The van der Waals surface area contributed by atoms with Crippen molar-refractivity contribution in [3.8, 4) is 0 Å². The lowest BCUT2D eigenvalue weighted by atomic mass is 10.1. The van der Waals surface area contributed by atoms with E-state index in [0.717, 1.165) is 19.1 Å². The lowest BCUT2D eigenvalue weighted by molar-refractivity contribution is -0.155. The van der Waals surface area contributed by atoms with E-state index in [2.05, 4.69) is 19.2 Å². The Morgan fingerprint density at radius 3 is 2.63 bits per heavy atom. The number of nitrogens with zero attached hydrogens (tertiary/aromatic N) is 1. The van der Waals surface area contributed by atoms with Gasteiger partial charge in [-0.3, -0.25) is 0 Å². The zero-order chi connectivity index (χ0) is 14.7. The maximum atomic E-state index is 11.9. The lowest BCUT2D eigenvalue weighted by Crippen LogP contribution is -2.50. The fourth-order valence-corrected chi connectivity index (χ4v) is 2.76. The van der Waals surface area contributed by atoms with Gasteiger partial charge >= 0.3 is 12.0 Å². The monoisotopic (exact) mass is 290 g/mol. The molecule has 19 heavy (non-hydrogen) atoms. The second-order valence-corrected chi connectivity index (χ2v) is 7.39. The van der Waals surface area contributed by atoms with Crippen molar-refractivity contribution in [2.24, 2.45) is 0 Å². The zero-order valence-corrected chi connectivity index (χ0v) is 12.4. The Morgan fingerprint density at radius 2 is 2.05 bits per heavy atom. The van der Waals surface area contributed by atoms with Gasteiger partial charge in [0.25, 0.3) is 0 Å². The molecule has 1 unspecified atom stereocenters. The Morgan fingerprint density at radius 1 is 1.42 bits per heavy atom. The number of thioether (sulfide) groups is 1. The summed E-state index contributed by atoms with van der Waals surface area (Å²) in [4.78, 5) is 24.3. The van der Waals surface area contributed by atoms with Crippen LogP contribution in [-0.4, -0.2) is 62.8 Å². The Balaban J connectivity index is 2.48. The van der Waals surface area contributed by atoms with Crippen LogP contribution in [0.15, 0.2) is 0 Å². The van der Waals surface area contributed by atoms with Gasteiger partial charge in [0.05, 0.1) is 6.54 Å². The smallest absolute Gasteiger partial charge is 0.337 e. The summed E-state index contributed by atoms with van der Waals surface area (Å²) in [5.41, 5.74) is -1.93. The summed E-state index contributed by atoms with van der Waals surface area (Å²) in [6.45, 7) is 6.43. The van der Waals surface area contributed by atoms with Crippen molar-refractivity contribution in [3.05, 3.63) is 0 Å². The molecule has 0 spiro atoms. The van der Waals surface area contributed by atoms with Crippen molar-refractivity contribution >= 4 is 23.8 Å². The van der Waals surface area contributed by atoms with Crippen LogP contribution in [0.5, 0.6) is 0 Å². The second-order valence-electron chi connectivity index (χ2n) is 5.58. The van der Waals surface area contributed by atoms with Crippen LogP contribution in [0.3, 0.4) is 0 Å². The summed E-state index contributed by atoms with van der Waals surface area (Å²) in [5, 5.41) is 20.8.